The fourth-order valence-corrected chi connectivity index (χ4v) is 4.93. The Labute approximate surface area is 202 Å². The maximum absolute atomic E-state index is 15.0. The molecule has 1 amide bonds. The number of carboxylic acids is 1. The lowest BCUT2D eigenvalue weighted by atomic mass is 9.97. The van der Waals surface area contributed by atoms with E-state index in [1.54, 1.807) is 4.90 Å². The SMILES string of the molecule is CC(NC(=O)C1CN(c2nc3c(cc2F)c(=O)c(C(=O)O)cn3-c2ncns2)C1)C1CCCCO1. The first-order chi connectivity index (χ1) is 16.8. The van der Waals surface area contributed by atoms with Gasteiger partial charge in [-0.15, -0.1) is 0 Å². The maximum Gasteiger partial charge on any atom is 0.341 e. The van der Waals surface area contributed by atoms with Crippen LogP contribution in [0.15, 0.2) is 23.4 Å². The van der Waals surface area contributed by atoms with E-state index in [4.69, 9.17) is 4.74 Å². The number of carbonyl (C=O) groups excluding carboxylic acids is 1. The molecule has 35 heavy (non-hydrogen) atoms. The van der Waals surface area contributed by atoms with Crippen molar-refractivity contribution in [3.05, 3.63) is 40.2 Å². The lowest BCUT2D eigenvalue weighted by Gasteiger charge is -2.40. The number of hydrogen-bond acceptors (Lipinski definition) is 9. The quantitative estimate of drug-likeness (QED) is 0.514. The van der Waals surface area contributed by atoms with Gasteiger partial charge in [-0.1, -0.05) is 0 Å². The summed E-state index contributed by atoms with van der Waals surface area (Å²) in [5, 5.41) is 12.5. The van der Waals surface area contributed by atoms with E-state index < -0.39 is 22.8 Å². The van der Waals surface area contributed by atoms with Crippen LogP contribution in [0.5, 0.6) is 0 Å². The summed E-state index contributed by atoms with van der Waals surface area (Å²) in [6.45, 7) is 3.14. The number of anilines is 1. The Hall–Kier alpha value is -3.45. The van der Waals surface area contributed by atoms with Gasteiger partial charge in [0.1, 0.15) is 11.9 Å². The first-order valence-corrected chi connectivity index (χ1v) is 12.0. The van der Waals surface area contributed by atoms with E-state index in [0.29, 0.717) is 6.61 Å². The lowest BCUT2D eigenvalue weighted by molar-refractivity contribution is -0.128. The van der Waals surface area contributed by atoms with E-state index in [-0.39, 0.29) is 59.0 Å². The number of ether oxygens (including phenoxy) is 1. The molecule has 2 N–H and O–H groups in total. The molecule has 11 nitrogen and oxygen atoms in total. The Morgan fingerprint density at radius 3 is 2.80 bits per heavy atom. The molecule has 0 aliphatic carbocycles. The van der Waals surface area contributed by atoms with Crippen LogP contribution in [0.4, 0.5) is 10.2 Å². The number of fused-ring (bicyclic) bond motifs is 1. The molecular weight excluding hydrogens is 479 g/mol. The Morgan fingerprint density at radius 2 is 2.14 bits per heavy atom. The van der Waals surface area contributed by atoms with Gasteiger partial charge in [0.05, 0.1) is 23.4 Å². The van der Waals surface area contributed by atoms with Crippen LogP contribution in [-0.4, -0.2) is 67.7 Å². The number of halogens is 1. The summed E-state index contributed by atoms with van der Waals surface area (Å²) in [6, 6.07) is 0.872. The van der Waals surface area contributed by atoms with Gasteiger partial charge < -0.3 is 20.1 Å². The second-order valence-electron chi connectivity index (χ2n) is 8.74. The molecule has 0 aromatic carbocycles. The molecule has 2 aliphatic rings. The van der Waals surface area contributed by atoms with E-state index in [9.17, 15) is 19.5 Å². The maximum atomic E-state index is 15.0. The fraction of sp³-hybridized carbons (Fsp3) is 0.455. The van der Waals surface area contributed by atoms with Crippen molar-refractivity contribution in [2.75, 3.05) is 24.6 Å². The highest BCUT2D eigenvalue weighted by Crippen LogP contribution is 2.29. The third-order valence-electron chi connectivity index (χ3n) is 6.39. The largest absolute Gasteiger partial charge is 0.477 e. The van der Waals surface area contributed by atoms with Gasteiger partial charge >= 0.3 is 5.97 Å². The molecule has 0 bridgehead atoms. The monoisotopic (exact) mass is 502 g/mol. The van der Waals surface area contributed by atoms with Crippen LogP contribution in [0.25, 0.3) is 16.2 Å². The van der Waals surface area contributed by atoms with Crippen LogP contribution >= 0.6 is 11.5 Å². The third-order valence-corrected chi connectivity index (χ3v) is 7.06. The molecule has 2 atom stereocenters. The Morgan fingerprint density at radius 1 is 1.34 bits per heavy atom. The van der Waals surface area contributed by atoms with Crippen LogP contribution in [-0.2, 0) is 9.53 Å². The highest BCUT2D eigenvalue weighted by atomic mass is 32.1. The normalized spacial score (nSPS) is 19.4. The smallest absolute Gasteiger partial charge is 0.341 e. The van der Waals surface area contributed by atoms with E-state index >= 15 is 4.39 Å². The van der Waals surface area contributed by atoms with Gasteiger partial charge in [0, 0.05) is 37.4 Å². The summed E-state index contributed by atoms with van der Waals surface area (Å²) < 4.78 is 26.0. The number of pyridine rings is 2. The van der Waals surface area contributed by atoms with E-state index in [0.717, 1.165) is 43.1 Å². The van der Waals surface area contributed by atoms with Gasteiger partial charge in [0.2, 0.25) is 16.5 Å². The second-order valence-corrected chi connectivity index (χ2v) is 9.50. The van der Waals surface area contributed by atoms with Crippen molar-refractivity contribution < 1.29 is 23.8 Å². The molecule has 2 saturated heterocycles. The standard InChI is InChI=1S/C22H23FN6O5S/c1-11(16-4-2-3-5-34-16)26-20(31)12-7-28(8-12)19-15(23)6-13-17(30)14(21(32)33)9-29(18(13)27-19)22-24-10-25-35-22/h6,9-12,16H,2-5,7-8H2,1H3,(H,26,31)(H,32,33). The molecule has 184 valence electrons. The lowest BCUT2D eigenvalue weighted by Crippen LogP contribution is -2.57. The van der Waals surface area contributed by atoms with Gasteiger partial charge in [0.25, 0.3) is 0 Å². The Bertz CT molecular complexity index is 1330. The van der Waals surface area contributed by atoms with E-state index in [2.05, 4.69) is 19.7 Å². The molecule has 2 fully saturated rings. The summed E-state index contributed by atoms with van der Waals surface area (Å²) in [5.74, 6) is -2.70. The number of carbonyl (C=O) groups is 2. The first kappa shape index (κ1) is 23.3. The van der Waals surface area contributed by atoms with Crippen LogP contribution in [0.2, 0.25) is 0 Å². The summed E-state index contributed by atoms with van der Waals surface area (Å²) in [4.78, 5) is 47.0. The predicted molar refractivity (Wildman–Crippen MR) is 125 cm³/mol. The number of nitrogens with zero attached hydrogens (tertiary/aromatic N) is 5. The van der Waals surface area contributed by atoms with Crippen molar-refractivity contribution in [1.82, 2.24) is 24.2 Å². The van der Waals surface area contributed by atoms with E-state index in [1.165, 1.54) is 10.9 Å². The van der Waals surface area contributed by atoms with Gasteiger partial charge in [-0.2, -0.15) is 4.37 Å². The van der Waals surface area contributed by atoms with Crippen molar-refractivity contribution in [2.24, 2.45) is 5.92 Å². The molecule has 2 aliphatic heterocycles. The zero-order chi connectivity index (χ0) is 24.7. The zero-order valence-corrected chi connectivity index (χ0v) is 19.6. The Kier molecular flexibility index (Phi) is 6.19. The van der Waals surface area contributed by atoms with E-state index in [1.807, 2.05) is 6.92 Å². The molecule has 5 rings (SSSR count). The van der Waals surface area contributed by atoms with Crippen molar-refractivity contribution >= 4 is 40.3 Å². The van der Waals surface area contributed by atoms with Crippen LogP contribution in [0, 0.1) is 11.7 Å². The highest BCUT2D eigenvalue weighted by Gasteiger charge is 2.37. The van der Waals surface area contributed by atoms with Crippen molar-refractivity contribution in [1.29, 1.82) is 0 Å². The number of carboxylic acid groups (broad SMARTS) is 1. The molecule has 2 unspecified atom stereocenters. The predicted octanol–water partition coefficient (Wildman–Crippen LogP) is 1.58. The molecular formula is C22H23FN6O5S. The second kappa shape index (κ2) is 9.30. The van der Waals surface area contributed by atoms with Gasteiger partial charge in [-0.3, -0.25) is 14.2 Å². The number of aromatic nitrogens is 4. The molecule has 5 heterocycles. The fourth-order valence-electron chi connectivity index (χ4n) is 4.42. The summed E-state index contributed by atoms with van der Waals surface area (Å²) in [5.41, 5.74) is -1.31. The first-order valence-electron chi connectivity index (χ1n) is 11.3. The average Bonchev–Trinajstić information content (AvgIpc) is 3.34. The third kappa shape index (κ3) is 4.36. The Balaban J connectivity index is 1.39. The van der Waals surface area contributed by atoms with Gasteiger partial charge in [-0.25, -0.2) is 19.2 Å². The summed E-state index contributed by atoms with van der Waals surface area (Å²) in [6.07, 6.45) is 5.41. The minimum absolute atomic E-state index is 0.00347. The van der Waals surface area contributed by atoms with Crippen LogP contribution < -0.4 is 15.6 Å². The minimum Gasteiger partial charge on any atom is -0.477 e. The highest BCUT2D eigenvalue weighted by molar-refractivity contribution is 7.08. The molecule has 13 heteroatoms. The number of amides is 1. The minimum atomic E-state index is -1.44. The zero-order valence-electron chi connectivity index (χ0n) is 18.8. The number of nitrogens with one attached hydrogen (secondary N) is 1. The van der Waals surface area contributed by atoms with Crippen LogP contribution in [0.3, 0.4) is 0 Å². The molecule has 3 aromatic rings. The van der Waals surface area contributed by atoms with Crippen molar-refractivity contribution in [3.63, 3.8) is 0 Å². The molecule has 0 spiro atoms. The molecule has 0 saturated carbocycles. The van der Waals surface area contributed by atoms with Crippen molar-refractivity contribution in [2.45, 2.75) is 38.3 Å². The van der Waals surface area contributed by atoms with Gasteiger partial charge in [-0.05, 0) is 32.3 Å². The molecule has 3 aromatic heterocycles. The van der Waals surface area contributed by atoms with Crippen molar-refractivity contribution in [3.8, 4) is 5.13 Å². The number of hydrogen-bond donors (Lipinski definition) is 2. The topological polar surface area (TPSA) is 140 Å². The molecule has 0 radical (unpaired) electrons. The van der Waals surface area contributed by atoms with Gasteiger partial charge in [0.15, 0.2) is 17.3 Å². The summed E-state index contributed by atoms with van der Waals surface area (Å²) in [7, 11) is 0. The number of aromatic carboxylic acids is 1. The van der Waals surface area contributed by atoms with Crippen LogP contribution in [0.1, 0.15) is 36.5 Å². The average molecular weight is 503 g/mol. The summed E-state index contributed by atoms with van der Waals surface area (Å²) >= 11 is 0.973. The number of rotatable bonds is 6.